The molecule has 1 amide bonds. The summed E-state index contributed by atoms with van der Waals surface area (Å²) in [6, 6.07) is 0.0818. The predicted octanol–water partition coefficient (Wildman–Crippen LogP) is -0.529. The highest BCUT2D eigenvalue weighted by atomic mass is 16.5. The summed E-state index contributed by atoms with van der Waals surface area (Å²) in [5.74, 6) is -0.809. The SMILES string of the molecule is COC(=O)C1(C(=O)NC2CCOCC2)COC1. The summed E-state index contributed by atoms with van der Waals surface area (Å²) in [4.78, 5) is 23.7. The summed E-state index contributed by atoms with van der Waals surface area (Å²) in [6.45, 7) is 1.50. The number of amides is 1. The van der Waals surface area contributed by atoms with E-state index in [1.54, 1.807) is 0 Å². The van der Waals surface area contributed by atoms with E-state index in [0.29, 0.717) is 13.2 Å². The van der Waals surface area contributed by atoms with Gasteiger partial charge in [-0.05, 0) is 12.8 Å². The van der Waals surface area contributed by atoms with E-state index < -0.39 is 11.4 Å². The molecule has 0 aromatic heterocycles. The third-order valence-electron chi connectivity index (χ3n) is 3.26. The van der Waals surface area contributed by atoms with Gasteiger partial charge < -0.3 is 19.5 Å². The van der Waals surface area contributed by atoms with E-state index in [1.807, 2.05) is 0 Å². The number of rotatable bonds is 3. The van der Waals surface area contributed by atoms with Gasteiger partial charge >= 0.3 is 5.97 Å². The van der Waals surface area contributed by atoms with Crippen molar-refractivity contribution in [2.24, 2.45) is 5.41 Å². The Morgan fingerprint density at radius 1 is 1.24 bits per heavy atom. The third-order valence-corrected chi connectivity index (χ3v) is 3.26. The van der Waals surface area contributed by atoms with Gasteiger partial charge in [0, 0.05) is 19.3 Å². The lowest BCUT2D eigenvalue weighted by atomic mass is 9.84. The van der Waals surface area contributed by atoms with E-state index >= 15 is 0 Å². The average molecular weight is 243 g/mol. The summed E-state index contributed by atoms with van der Waals surface area (Å²) in [7, 11) is 1.28. The minimum atomic E-state index is -1.13. The quantitative estimate of drug-likeness (QED) is 0.533. The maximum absolute atomic E-state index is 12.1. The van der Waals surface area contributed by atoms with E-state index in [4.69, 9.17) is 9.47 Å². The fraction of sp³-hybridized carbons (Fsp3) is 0.818. The zero-order valence-electron chi connectivity index (χ0n) is 9.86. The van der Waals surface area contributed by atoms with Crippen LogP contribution in [0.15, 0.2) is 0 Å². The Labute approximate surface area is 99.6 Å². The van der Waals surface area contributed by atoms with Crippen molar-refractivity contribution in [3.8, 4) is 0 Å². The first-order valence-corrected chi connectivity index (χ1v) is 5.74. The lowest BCUT2D eigenvalue weighted by molar-refractivity contribution is -0.188. The van der Waals surface area contributed by atoms with Crippen molar-refractivity contribution in [1.82, 2.24) is 5.32 Å². The molecule has 0 unspecified atom stereocenters. The molecule has 2 heterocycles. The molecule has 0 bridgehead atoms. The van der Waals surface area contributed by atoms with Crippen molar-refractivity contribution in [1.29, 1.82) is 0 Å². The van der Waals surface area contributed by atoms with Crippen LogP contribution in [0, 0.1) is 5.41 Å². The molecule has 6 nitrogen and oxygen atoms in total. The van der Waals surface area contributed by atoms with Gasteiger partial charge in [-0.2, -0.15) is 0 Å². The summed E-state index contributed by atoms with van der Waals surface area (Å²) in [5.41, 5.74) is -1.13. The van der Waals surface area contributed by atoms with Crippen LogP contribution in [0.1, 0.15) is 12.8 Å². The molecule has 0 spiro atoms. The number of carbonyl (C=O) groups is 2. The van der Waals surface area contributed by atoms with Crippen LogP contribution in [0.5, 0.6) is 0 Å². The second-order valence-corrected chi connectivity index (χ2v) is 4.43. The van der Waals surface area contributed by atoms with Crippen molar-refractivity contribution < 1.29 is 23.8 Å². The standard InChI is InChI=1S/C11H17NO5/c1-15-10(14)11(6-17-7-11)9(13)12-8-2-4-16-5-3-8/h8H,2-7H2,1H3,(H,12,13). The fourth-order valence-corrected chi connectivity index (χ4v) is 2.01. The number of ether oxygens (including phenoxy) is 3. The zero-order chi connectivity index (χ0) is 12.3. The highest BCUT2D eigenvalue weighted by molar-refractivity contribution is 6.04. The molecule has 0 saturated carbocycles. The third kappa shape index (κ3) is 2.28. The molecule has 2 rings (SSSR count). The lowest BCUT2D eigenvalue weighted by Crippen LogP contribution is -2.61. The monoisotopic (exact) mass is 243 g/mol. The van der Waals surface area contributed by atoms with E-state index in [-0.39, 0.29) is 25.2 Å². The van der Waals surface area contributed by atoms with E-state index in [1.165, 1.54) is 7.11 Å². The summed E-state index contributed by atoms with van der Waals surface area (Å²) < 4.78 is 14.9. The van der Waals surface area contributed by atoms with Crippen molar-refractivity contribution in [3.63, 3.8) is 0 Å². The zero-order valence-corrected chi connectivity index (χ0v) is 9.86. The molecule has 2 saturated heterocycles. The Bertz CT molecular complexity index is 307. The van der Waals surface area contributed by atoms with Crippen molar-refractivity contribution in [3.05, 3.63) is 0 Å². The number of hydrogen-bond acceptors (Lipinski definition) is 5. The average Bonchev–Trinajstić information content (AvgIpc) is 2.28. The number of carbonyl (C=O) groups excluding carboxylic acids is 2. The Hall–Kier alpha value is -1.14. The Morgan fingerprint density at radius 3 is 2.35 bits per heavy atom. The van der Waals surface area contributed by atoms with Gasteiger partial charge in [0.1, 0.15) is 0 Å². The Balaban J connectivity index is 1.95. The molecule has 0 radical (unpaired) electrons. The lowest BCUT2D eigenvalue weighted by Gasteiger charge is -2.38. The highest BCUT2D eigenvalue weighted by Crippen LogP contribution is 2.29. The van der Waals surface area contributed by atoms with Gasteiger partial charge in [0.15, 0.2) is 5.41 Å². The molecule has 2 aliphatic heterocycles. The first kappa shape index (κ1) is 12.3. The Morgan fingerprint density at radius 2 is 1.88 bits per heavy atom. The van der Waals surface area contributed by atoms with Gasteiger partial charge in [-0.15, -0.1) is 0 Å². The molecule has 1 N–H and O–H groups in total. The van der Waals surface area contributed by atoms with Crippen LogP contribution in [0.3, 0.4) is 0 Å². The second kappa shape index (κ2) is 5.01. The molecule has 2 fully saturated rings. The van der Waals surface area contributed by atoms with Gasteiger partial charge in [0.2, 0.25) is 5.91 Å². The normalized spacial score (nSPS) is 23.6. The molecule has 17 heavy (non-hydrogen) atoms. The second-order valence-electron chi connectivity index (χ2n) is 4.43. The van der Waals surface area contributed by atoms with Crippen molar-refractivity contribution in [2.75, 3.05) is 33.5 Å². The summed E-state index contributed by atoms with van der Waals surface area (Å²) in [5, 5.41) is 2.88. The first-order valence-electron chi connectivity index (χ1n) is 5.74. The van der Waals surface area contributed by atoms with E-state index in [9.17, 15) is 9.59 Å². The molecule has 6 heteroatoms. The number of hydrogen-bond donors (Lipinski definition) is 1. The largest absolute Gasteiger partial charge is 0.468 e. The van der Waals surface area contributed by atoms with Crippen LogP contribution in [-0.2, 0) is 23.8 Å². The number of methoxy groups -OCH3 is 1. The first-order chi connectivity index (χ1) is 8.19. The molecule has 2 aliphatic rings. The topological polar surface area (TPSA) is 73.9 Å². The molecule has 96 valence electrons. The van der Waals surface area contributed by atoms with E-state index in [2.05, 4.69) is 10.1 Å². The molecule has 0 aromatic carbocycles. The molecular formula is C11H17NO5. The number of esters is 1. The molecule has 0 aliphatic carbocycles. The van der Waals surface area contributed by atoms with Gasteiger partial charge in [0.25, 0.3) is 0 Å². The summed E-state index contributed by atoms with van der Waals surface area (Å²) >= 11 is 0. The van der Waals surface area contributed by atoms with Crippen molar-refractivity contribution >= 4 is 11.9 Å². The van der Waals surface area contributed by atoms with Crippen LogP contribution in [0.25, 0.3) is 0 Å². The fourth-order valence-electron chi connectivity index (χ4n) is 2.01. The van der Waals surface area contributed by atoms with E-state index in [0.717, 1.165) is 12.8 Å². The van der Waals surface area contributed by atoms with Crippen LogP contribution in [-0.4, -0.2) is 51.5 Å². The molecule has 0 atom stereocenters. The highest BCUT2D eigenvalue weighted by Gasteiger charge is 2.54. The van der Waals surface area contributed by atoms with Gasteiger partial charge in [-0.25, -0.2) is 0 Å². The van der Waals surface area contributed by atoms with Crippen LogP contribution < -0.4 is 5.32 Å². The Kier molecular flexibility index (Phi) is 3.63. The van der Waals surface area contributed by atoms with Gasteiger partial charge in [-0.3, -0.25) is 9.59 Å². The molecular weight excluding hydrogens is 226 g/mol. The minimum Gasteiger partial charge on any atom is -0.468 e. The maximum Gasteiger partial charge on any atom is 0.326 e. The summed E-state index contributed by atoms with van der Waals surface area (Å²) in [6.07, 6.45) is 1.56. The smallest absolute Gasteiger partial charge is 0.326 e. The van der Waals surface area contributed by atoms with Crippen LogP contribution >= 0.6 is 0 Å². The number of nitrogens with one attached hydrogen (secondary N) is 1. The van der Waals surface area contributed by atoms with Gasteiger partial charge in [0.05, 0.1) is 20.3 Å². The van der Waals surface area contributed by atoms with Gasteiger partial charge in [-0.1, -0.05) is 0 Å². The predicted molar refractivity (Wildman–Crippen MR) is 57.3 cm³/mol. The maximum atomic E-state index is 12.1. The molecule has 0 aromatic rings. The minimum absolute atomic E-state index is 0.0818. The van der Waals surface area contributed by atoms with Crippen molar-refractivity contribution in [2.45, 2.75) is 18.9 Å². The van der Waals surface area contributed by atoms with Crippen LogP contribution in [0.2, 0.25) is 0 Å². The van der Waals surface area contributed by atoms with Crippen LogP contribution in [0.4, 0.5) is 0 Å².